The molecule has 1 amide bonds. The molecule has 134 valence electrons. The number of hydrogen-bond donors (Lipinski definition) is 0. The molecule has 26 heavy (non-hydrogen) atoms. The minimum absolute atomic E-state index is 0.0542. The van der Waals surface area contributed by atoms with E-state index in [2.05, 4.69) is 40.6 Å². The van der Waals surface area contributed by atoms with Crippen molar-refractivity contribution < 1.29 is 4.79 Å². The number of hydrogen-bond acceptors (Lipinski definition) is 3. The Morgan fingerprint density at radius 2 is 1.73 bits per heavy atom. The van der Waals surface area contributed by atoms with Crippen molar-refractivity contribution in [1.82, 2.24) is 19.9 Å². The van der Waals surface area contributed by atoms with E-state index in [0.717, 1.165) is 49.3 Å². The molecule has 0 aliphatic carbocycles. The first kappa shape index (κ1) is 16.8. The van der Waals surface area contributed by atoms with E-state index < -0.39 is 0 Å². The molecule has 3 aromatic rings. The van der Waals surface area contributed by atoms with Crippen molar-refractivity contribution in [1.29, 1.82) is 0 Å². The van der Waals surface area contributed by atoms with Gasteiger partial charge in [0.2, 0.25) is 0 Å². The fourth-order valence-corrected chi connectivity index (χ4v) is 3.80. The summed E-state index contributed by atoms with van der Waals surface area (Å²) in [6.07, 6.45) is 5.75. The van der Waals surface area contributed by atoms with Gasteiger partial charge in [-0.25, -0.2) is 4.79 Å². The highest BCUT2D eigenvalue weighted by Crippen LogP contribution is 2.24. The summed E-state index contributed by atoms with van der Waals surface area (Å²) >= 11 is 0. The van der Waals surface area contributed by atoms with Gasteiger partial charge >= 0.3 is 6.03 Å². The molecule has 5 nitrogen and oxygen atoms in total. The molecule has 0 bridgehead atoms. The van der Waals surface area contributed by atoms with Crippen molar-refractivity contribution in [3.8, 4) is 0 Å². The first-order valence-electron chi connectivity index (χ1n) is 9.45. The van der Waals surface area contributed by atoms with Crippen LogP contribution in [0.4, 0.5) is 4.79 Å². The van der Waals surface area contributed by atoms with Gasteiger partial charge in [0.1, 0.15) is 5.52 Å². The molecule has 5 heteroatoms. The fraction of sp³-hybridized carbons (Fsp3) is 0.381. The number of carbonyl (C=O) groups excluding carboxylic acids is 1. The normalized spacial score (nSPS) is 15.5. The Morgan fingerprint density at radius 3 is 2.54 bits per heavy atom. The van der Waals surface area contributed by atoms with E-state index in [1.165, 1.54) is 23.1 Å². The van der Waals surface area contributed by atoms with E-state index >= 15 is 0 Å². The summed E-state index contributed by atoms with van der Waals surface area (Å²) in [5.74, 6) is 0.718. The molecule has 0 atom stereocenters. The summed E-state index contributed by atoms with van der Waals surface area (Å²) in [6, 6.07) is 18.2. The number of para-hydroxylation sites is 1. The Bertz CT molecular complexity index is 866. The van der Waals surface area contributed by atoms with Crippen LogP contribution in [0, 0.1) is 5.92 Å². The average molecular weight is 348 g/mol. The SMILES string of the molecule is O=C(N1CCC(CCCc2ccccc2)CC1)n1nnc2ccccc21. The molecule has 0 saturated carbocycles. The van der Waals surface area contributed by atoms with Crippen molar-refractivity contribution in [2.24, 2.45) is 5.92 Å². The molecule has 4 rings (SSSR count). The van der Waals surface area contributed by atoms with Crippen LogP contribution in [-0.4, -0.2) is 39.0 Å². The first-order valence-corrected chi connectivity index (χ1v) is 9.45. The van der Waals surface area contributed by atoms with Gasteiger partial charge in [0.05, 0.1) is 5.52 Å². The molecule has 0 N–H and O–H groups in total. The van der Waals surface area contributed by atoms with Crippen molar-refractivity contribution in [3.05, 3.63) is 60.2 Å². The van der Waals surface area contributed by atoms with Crippen molar-refractivity contribution in [3.63, 3.8) is 0 Å². The summed E-state index contributed by atoms with van der Waals surface area (Å²) < 4.78 is 1.44. The topological polar surface area (TPSA) is 51.0 Å². The van der Waals surface area contributed by atoms with E-state index in [-0.39, 0.29) is 6.03 Å². The van der Waals surface area contributed by atoms with Gasteiger partial charge in [-0.1, -0.05) is 47.7 Å². The summed E-state index contributed by atoms with van der Waals surface area (Å²) in [5, 5.41) is 8.13. The number of piperidine rings is 1. The third kappa shape index (κ3) is 3.62. The molecule has 2 heterocycles. The van der Waals surface area contributed by atoms with Gasteiger partial charge in [-0.2, -0.15) is 4.68 Å². The number of aryl methyl sites for hydroxylation is 1. The van der Waals surface area contributed by atoms with Crippen molar-refractivity contribution in [2.45, 2.75) is 32.1 Å². The van der Waals surface area contributed by atoms with Crippen LogP contribution >= 0.6 is 0 Å². The number of nitrogens with zero attached hydrogens (tertiary/aromatic N) is 4. The fourth-order valence-electron chi connectivity index (χ4n) is 3.80. The molecule has 1 aromatic heterocycles. The minimum Gasteiger partial charge on any atom is -0.323 e. The Hall–Kier alpha value is -2.69. The highest BCUT2D eigenvalue weighted by molar-refractivity contribution is 5.87. The predicted octanol–water partition coefficient (Wildman–Crippen LogP) is 4.13. The van der Waals surface area contributed by atoms with E-state index in [1.807, 2.05) is 29.2 Å². The summed E-state index contributed by atoms with van der Waals surface area (Å²) in [4.78, 5) is 14.7. The van der Waals surface area contributed by atoms with Crippen molar-refractivity contribution in [2.75, 3.05) is 13.1 Å². The predicted molar refractivity (Wildman–Crippen MR) is 102 cm³/mol. The smallest absolute Gasteiger partial charge is 0.323 e. The van der Waals surface area contributed by atoms with Gasteiger partial charge in [0, 0.05) is 13.1 Å². The number of rotatable bonds is 4. The number of likely N-dealkylation sites (tertiary alicyclic amines) is 1. The van der Waals surface area contributed by atoms with Gasteiger partial charge in [-0.3, -0.25) is 0 Å². The number of carbonyl (C=O) groups is 1. The Morgan fingerprint density at radius 1 is 1.00 bits per heavy atom. The Kier molecular flexibility index (Phi) is 4.95. The van der Waals surface area contributed by atoms with Gasteiger partial charge in [-0.15, -0.1) is 5.10 Å². The largest absolute Gasteiger partial charge is 0.346 e. The standard InChI is InChI=1S/C21H24N4O/c26-21(25-20-12-5-4-11-19(20)22-23-25)24-15-13-18(14-16-24)10-6-9-17-7-2-1-3-8-17/h1-5,7-8,11-12,18H,6,9-10,13-16H2. The number of benzene rings is 2. The third-order valence-corrected chi connectivity index (χ3v) is 5.34. The van der Waals surface area contributed by atoms with Crippen LogP contribution in [0.2, 0.25) is 0 Å². The Labute approximate surface area is 153 Å². The van der Waals surface area contributed by atoms with Gasteiger partial charge in [0.25, 0.3) is 0 Å². The van der Waals surface area contributed by atoms with Crippen molar-refractivity contribution >= 4 is 17.1 Å². The van der Waals surface area contributed by atoms with E-state index in [1.54, 1.807) is 0 Å². The summed E-state index contributed by atoms with van der Waals surface area (Å²) in [5.41, 5.74) is 2.96. The molecular weight excluding hydrogens is 324 g/mol. The quantitative estimate of drug-likeness (QED) is 0.712. The molecule has 0 spiro atoms. The average Bonchev–Trinajstić information content (AvgIpc) is 3.13. The zero-order valence-corrected chi connectivity index (χ0v) is 14.9. The highest BCUT2D eigenvalue weighted by Gasteiger charge is 2.25. The third-order valence-electron chi connectivity index (χ3n) is 5.34. The second-order valence-corrected chi connectivity index (χ2v) is 7.08. The van der Waals surface area contributed by atoms with Crippen LogP contribution < -0.4 is 0 Å². The molecule has 1 aliphatic heterocycles. The number of amides is 1. The maximum Gasteiger partial charge on any atom is 0.346 e. The minimum atomic E-state index is -0.0542. The Balaban J connectivity index is 1.28. The monoisotopic (exact) mass is 348 g/mol. The van der Waals surface area contributed by atoms with Crippen LogP contribution in [0.3, 0.4) is 0 Å². The van der Waals surface area contributed by atoms with Crippen LogP contribution in [0.15, 0.2) is 54.6 Å². The lowest BCUT2D eigenvalue weighted by Crippen LogP contribution is -2.41. The lowest BCUT2D eigenvalue weighted by molar-refractivity contribution is 0.166. The van der Waals surface area contributed by atoms with Crippen LogP contribution in [0.5, 0.6) is 0 Å². The van der Waals surface area contributed by atoms with Gasteiger partial charge in [0.15, 0.2) is 0 Å². The van der Waals surface area contributed by atoms with Gasteiger partial charge < -0.3 is 4.90 Å². The van der Waals surface area contributed by atoms with E-state index in [4.69, 9.17) is 0 Å². The molecule has 2 aromatic carbocycles. The maximum absolute atomic E-state index is 12.8. The molecule has 1 saturated heterocycles. The van der Waals surface area contributed by atoms with Crippen LogP contribution in [0.1, 0.15) is 31.2 Å². The molecule has 1 fully saturated rings. The molecular formula is C21H24N4O. The van der Waals surface area contributed by atoms with Gasteiger partial charge in [-0.05, 0) is 55.7 Å². The van der Waals surface area contributed by atoms with Crippen LogP contribution in [0.25, 0.3) is 11.0 Å². The maximum atomic E-state index is 12.8. The lowest BCUT2D eigenvalue weighted by Gasteiger charge is -2.31. The summed E-state index contributed by atoms with van der Waals surface area (Å²) in [7, 11) is 0. The first-order chi connectivity index (χ1) is 12.8. The lowest BCUT2D eigenvalue weighted by atomic mass is 9.91. The zero-order valence-electron chi connectivity index (χ0n) is 14.9. The summed E-state index contributed by atoms with van der Waals surface area (Å²) in [6.45, 7) is 1.62. The zero-order chi connectivity index (χ0) is 17.8. The van der Waals surface area contributed by atoms with E-state index in [9.17, 15) is 4.79 Å². The molecule has 1 aliphatic rings. The number of fused-ring (bicyclic) bond motifs is 1. The number of aromatic nitrogens is 3. The molecule has 0 unspecified atom stereocenters. The van der Waals surface area contributed by atoms with Crippen LogP contribution in [-0.2, 0) is 6.42 Å². The molecule has 0 radical (unpaired) electrons. The second-order valence-electron chi connectivity index (χ2n) is 7.08. The highest BCUT2D eigenvalue weighted by atomic mass is 16.2. The second kappa shape index (κ2) is 7.68. The van der Waals surface area contributed by atoms with E-state index in [0.29, 0.717) is 0 Å².